The molecule has 0 bridgehead atoms. The summed E-state index contributed by atoms with van der Waals surface area (Å²) in [5.74, 6) is 0. The lowest BCUT2D eigenvalue weighted by Gasteiger charge is -2.08. The van der Waals surface area contributed by atoms with Gasteiger partial charge < -0.3 is 0 Å². The minimum atomic E-state index is 0.625. The molecule has 1 aromatic carbocycles. The molecule has 0 unspecified atom stereocenters. The van der Waals surface area contributed by atoms with Crippen molar-refractivity contribution in [1.29, 1.82) is 0 Å². The Bertz CT molecular complexity index is 969. The van der Waals surface area contributed by atoms with Crippen LogP contribution < -0.4 is 0 Å². The van der Waals surface area contributed by atoms with Crippen molar-refractivity contribution in [3.8, 4) is 28.2 Å². The van der Waals surface area contributed by atoms with Crippen LogP contribution >= 0.6 is 11.6 Å². The fourth-order valence-electron chi connectivity index (χ4n) is 2.39. The number of rotatable bonds is 3. The lowest BCUT2D eigenvalue weighted by Crippen LogP contribution is -1.99. The van der Waals surface area contributed by atoms with Crippen LogP contribution in [0.3, 0.4) is 0 Å². The van der Waals surface area contributed by atoms with Gasteiger partial charge in [0.05, 0.1) is 17.6 Å². The Kier molecular flexibility index (Phi) is 3.72. The highest BCUT2D eigenvalue weighted by atomic mass is 35.5. The van der Waals surface area contributed by atoms with Crippen LogP contribution in [-0.2, 0) is 0 Å². The van der Waals surface area contributed by atoms with E-state index in [-0.39, 0.29) is 0 Å². The molecular weight excluding hydrogens is 324 g/mol. The number of hydrogen-bond donors (Lipinski definition) is 0. The fourth-order valence-corrected chi connectivity index (χ4v) is 2.56. The van der Waals surface area contributed by atoms with E-state index in [0.29, 0.717) is 5.02 Å². The number of aromatic nitrogens is 6. The predicted molar refractivity (Wildman–Crippen MR) is 90.6 cm³/mol. The Morgan fingerprint density at radius 2 is 1.92 bits per heavy atom. The van der Waals surface area contributed by atoms with Crippen molar-refractivity contribution >= 4 is 11.6 Å². The molecule has 0 atom stereocenters. The van der Waals surface area contributed by atoms with Gasteiger partial charge in [0.1, 0.15) is 12.0 Å². The second-order valence-electron chi connectivity index (χ2n) is 5.05. The lowest BCUT2D eigenvalue weighted by molar-refractivity contribution is 0.804. The van der Waals surface area contributed by atoms with Gasteiger partial charge in [-0.2, -0.15) is 0 Å². The molecule has 3 heterocycles. The fraction of sp³-hybridized carbons (Fsp3) is 0. The molecule has 0 aliphatic heterocycles. The van der Waals surface area contributed by atoms with E-state index in [0.717, 1.165) is 28.2 Å². The molecule has 24 heavy (non-hydrogen) atoms. The van der Waals surface area contributed by atoms with Gasteiger partial charge >= 0.3 is 0 Å². The number of nitrogens with zero attached hydrogens (tertiary/aromatic N) is 6. The van der Waals surface area contributed by atoms with Crippen molar-refractivity contribution in [2.24, 2.45) is 0 Å². The van der Waals surface area contributed by atoms with Gasteiger partial charge in [-0.05, 0) is 36.4 Å². The molecule has 4 rings (SSSR count). The van der Waals surface area contributed by atoms with Crippen LogP contribution in [0.1, 0.15) is 0 Å². The molecule has 0 amide bonds. The molecule has 0 saturated carbocycles. The van der Waals surface area contributed by atoms with E-state index < -0.39 is 0 Å². The van der Waals surface area contributed by atoms with Crippen molar-refractivity contribution in [3.05, 3.63) is 72.5 Å². The maximum Gasteiger partial charge on any atom is 0.116 e. The molecule has 0 aliphatic carbocycles. The molecule has 4 aromatic rings. The molecular formula is C17H11ClN6. The predicted octanol–water partition coefficient (Wildman–Crippen LogP) is 3.44. The Morgan fingerprint density at radius 3 is 2.71 bits per heavy atom. The van der Waals surface area contributed by atoms with Crippen molar-refractivity contribution in [2.75, 3.05) is 0 Å². The largest absolute Gasteiger partial charge is 0.264 e. The van der Waals surface area contributed by atoms with Gasteiger partial charge in [0, 0.05) is 34.7 Å². The van der Waals surface area contributed by atoms with E-state index in [4.69, 9.17) is 11.6 Å². The van der Waals surface area contributed by atoms with E-state index >= 15 is 0 Å². The zero-order valence-corrected chi connectivity index (χ0v) is 13.2. The molecule has 0 radical (unpaired) electrons. The molecule has 0 aliphatic rings. The third-order valence-electron chi connectivity index (χ3n) is 3.51. The minimum absolute atomic E-state index is 0.625. The van der Waals surface area contributed by atoms with E-state index in [2.05, 4.69) is 25.3 Å². The molecule has 0 spiro atoms. The highest BCUT2D eigenvalue weighted by Crippen LogP contribution is 2.28. The van der Waals surface area contributed by atoms with Gasteiger partial charge in [0.25, 0.3) is 0 Å². The SMILES string of the molecule is Clc1ccc(-n2cc(-c3cccnc3)nn2)c(-c2ccncn2)c1. The number of pyridine rings is 1. The Labute approximate surface area is 142 Å². The lowest BCUT2D eigenvalue weighted by atomic mass is 10.1. The molecule has 6 nitrogen and oxygen atoms in total. The van der Waals surface area contributed by atoms with Crippen molar-refractivity contribution in [3.63, 3.8) is 0 Å². The van der Waals surface area contributed by atoms with Crippen LogP contribution in [-0.4, -0.2) is 29.9 Å². The Hall–Kier alpha value is -3.12. The first kappa shape index (κ1) is 14.5. The summed E-state index contributed by atoms with van der Waals surface area (Å²) in [4.78, 5) is 12.4. The first-order valence-electron chi connectivity index (χ1n) is 7.20. The summed E-state index contributed by atoms with van der Waals surface area (Å²) in [5, 5.41) is 9.08. The minimum Gasteiger partial charge on any atom is -0.264 e. The van der Waals surface area contributed by atoms with Crippen LogP contribution in [0.25, 0.3) is 28.2 Å². The van der Waals surface area contributed by atoms with E-state index in [1.54, 1.807) is 23.3 Å². The normalized spacial score (nSPS) is 10.7. The molecule has 0 N–H and O–H groups in total. The molecule has 7 heteroatoms. The average Bonchev–Trinajstić information content (AvgIpc) is 3.13. The number of halogens is 1. The number of benzene rings is 1. The molecule has 3 aromatic heterocycles. The first-order valence-corrected chi connectivity index (χ1v) is 7.58. The van der Waals surface area contributed by atoms with Gasteiger partial charge in [-0.1, -0.05) is 16.8 Å². The van der Waals surface area contributed by atoms with E-state index in [9.17, 15) is 0 Å². The topological polar surface area (TPSA) is 69.4 Å². The third kappa shape index (κ3) is 2.75. The molecule has 116 valence electrons. The summed E-state index contributed by atoms with van der Waals surface area (Å²) in [6.45, 7) is 0. The summed E-state index contributed by atoms with van der Waals surface area (Å²) in [7, 11) is 0. The van der Waals surface area contributed by atoms with Crippen LogP contribution in [0.2, 0.25) is 5.02 Å². The maximum atomic E-state index is 6.16. The third-order valence-corrected chi connectivity index (χ3v) is 3.75. The molecule has 0 saturated heterocycles. The van der Waals surface area contributed by atoms with E-state index in [1.165, 1.54) is 6.33 Å². The Balaban J connectivity index is 1.82. The zero-order valence-electron chi connectivity index (χ0n) is 12.4. The second kappa shape index (κ2) is 6.17. The average molecular weight is 335 g/mol. The summed E-state index contributed by atoms with van der Waals surface area (Å²) in [6.07, 6.45) is 8.52. The van der Waals surface area contributed by atoms with Gasteiger partial charge in [0.15, 0.2) is 0 Å². The molecule has 0 fully saturated rings. The summed E-state index contributed by atoms with van der Waals surface area (Å²) < 4.78 is 1.70. The summed E-state index contributed by atoms with van der Waals surface area (Å²) in [5.41, 5.74) is 4.10. The van der Waals surface area contributed by atoms with Gasteiger partial charge in [-0.3, -0.25) is 4.98 Å². The zero-order chi connectivity index (χ0) is 16.4. The van der Waals surface area contributed by atoms with E-state index in [1.807, 2.05) is 42.6 Å². The van der Waals surface area contributed by atoms with Gasteiger partial charge in [0.2, 0.25) is 0 Å². The van der Waals surface area contributed by atoms with Gasteiger partial charge in [-0.15, -0.1) is 5.10 Å². The number of hydrogen-bond acceptors (Lipinski definition) is 5. The first-order chi connectivity index (χ1) is 11.8. The highest BCUT2D eigenvalue weighted by Gasteiger charge is 2.12. The highest BCUT2D eigenvalue weighted by molar-refractivity contribution is 6.31. The maximum absolute atomic E-state index is 6.16. The second-order valence-corrected chi connectivity index (χ2v) is 5.48. The standard InChI is InChI=1S/C17H11ClN6/c18-13-3-4-17(14(8-13)15-5-7-20-11-21-15)24-10-16(22-23-24)12-2-1-6-19-9-12/h1-11H. The van der Waals surface area contributed by atoms with Crippen molar-refractivity contribution in [1.82, 2.24) is 29.9 Å². The summed E-state index contributed by atoms with van der Waals surface area (Å²) in [6, 6.07) is 11.2. The van der Waals surface area contributed by atoms with Crippen LogP contribution in [0.5, 0.6) is 0 Å². The smallest absolute Gasteiger partial charge is 0.116 e. The van der Waals surface area contributed by atoms with Crippen molar-refractivity contribution in [2.45, 2.75) is 0 Å². The van der Waals surface area contributed by atoms with Crippen LogP contribution in [0.4, 0.5) is 0 Å². The van der Waals surface area contributed by atoms with Crippen molar-refractivity contribution < 1.29 is 0 Å². The van der Waals surface area contributed by atoms with Crippen LogP contribution in [0, 0.1) is 0 Å². The van der Waals surface area contributed by atoms with Crippen LogP contribution in [0.15, 0.2) is 67.5 Å². The Morgan fingerprint density at radius 1 is 0.958 bits per heavy atom. The quantitative estimate of drug-likeness (QED) is 0.574. The monoisotopic (exact) mass is 334 g/mol. The van der Waals surface area contributed by atoms with Gasteiger partial charge in [-0.25, -0.2) is 14.6 Å². The summed E-state index contributed by atoms with van der Waals surface area (Å²) >= 11 is 6.16.